The molecule has 0 atom stereocenters. The van der Waals surface area contributed by atoms with Gasteiger partial charge in [-0.15, -0.1) is 11.3 Å². The second-order valence-electron chi connectivity index (χ2n) is 21.6. The molecule has 0 spiro atoms. The highest BCUT2D eigenvalue weighted by Crippen LogP contribution is 2.48. The molecule has 14 rings (SSSR count). The van der Waals surface area contributed by atoms with Crippen LogP contribution in [0.3, 0.4) is 0 Å². The van der Waals surface area contributed by atoms with Gasteiger partial charge in [0.15, 0.2) is 0 Å². The minimum absolute atomic E-state index is 0.995. The molecule has 0 bridgehead atoms. The zero-order valence-electron chi connectivity index (χ0n) is 46.8. The second kappa shape index (κ2) is 22.8. The molecule has 14 aromatic rings. The highest BCUT2D eigenvalue weighted by atomic mass is 32.1. The molecule has 0 aliphatic heterocycles. The van der Waals surface area contributed by atoms with Gasteiger partial charge in [-0.1, -0.05) is 223 Å². The van der Waals surface area contributed by atoms with E-state index in [0.29, 0.717) is 0 Å². The Morgan fingerprint density at radius 1 is 0.190 bits per heavy atom. The van der Waals surface area contributed by atoms with Crippen molar-refractivity contribution in [2.24, 2.45) is 0 Å². The van der Waals surface area contributed by atoms with E-state index in [2.05, 4.69) is 350 Å². The number of hydrogen-bond acceptors (Lipinski definition) is 4. The molecule has 84 heavy (non-hydrogen) atoms. The van der Waals surface area contributed by atoms with Crippen molar-refractivity contribution in [3.05, 3.63) is 333 Å². The maximum Gasteiger partial charge on any atom is 0.0503 e. The molecule has 0 fully saturated rings. The summed E-state index contributed by atoms with van der Waals surface area (Å²) in [6.07, 6.45) is 0. The molecule has 13 aromatic carbocycles. The number of benzene rings is 13. The molecule has 1 heterocycles. The molecular weight excluding hydrogens is 1030 g/mol. The Morgan fingerprint density at radius 3 is 0.869 bits per heavy atom. The molecule has 3 nitrogen and oxygen atoms in total. The molecule has 4 heteroatoms. The van der Waals surface area contributed by atoms with Crippen LogP contribution < -0.4 is 14.7 Å². The van der Waals surface area contributed by atoms with E-state index in [1.807, 2.05) is 11.3 Å². The molecule has 1 aromatic heterocycles. The Balaban J connectivity index is 0.978. The van der Waals surface area contributed by atoms with Crippen molar-refractivity contribution in [2.75, 3.05) is 14.7 Å². The summed E-state index contributed by atoms with van der Waals surface area (Å²) in [5.41, 5.74) is 23.4. The van der Waals surface area contributed by atoms with Gasteiger partial charge in [0.05, 0.1) is 17.1 Å². The molecule has 0 radical (unpaired) electrons. The van der Waals surface area contributed by atoms with Gasteiger partial charge < -0.3 is 14.7 Å². The number of fused-ring (bicyclic) bond motifs is 3. The lowest BCUT2D eigenvalue weighted by atomic mass is 10.0. The van der Waals surface area contributed by atoms with Gasteiger partial charge >= 0.3 is 0 Å². The Hall–Kier alpha value is -10.5. The third kappa shape index (κ3) is 10.5. The first-order valence-corrected chi connectivity index (χ1v) is 29.5. The molecule has 0 aliphatic rings. The van der Waals surface area contributed by atoms with E-state index in [4.69, 9.17) is 0 Å². The van der Waals surface area contributed by atoms with Crippen molar-refractivity contribution >= 4 is 82.7 Å². The molecule has 0 unspecified atom stereocenters. The third-order valence-corrected chi connectivity index (χ3v) is 17.1. The average molecular weight is 1090 g/mol. The van der Waals surface area contributed by atoms with Crippen LogP contribution >= 0.6 is 11.3 Å². The summed E-state index contributed by atoms with van der Waals surface area (Å²) < 4.78 is 2.61. The van der Waals surface area contributed by atoms with Gasteiger partial charge in [-0.2, -0.15) is 0 Å². The highest BCUT2D eigenvalue weighted by Gasteiger charge is 2.23. The van der Waals surface area contributed by atoms with Crippen molar-refractivity contribution < 1.29 is 0 Å². The van der Waals surface area contributed by atoms with Gasteiger partial charge in [-0.3, -0.25) is 0 Å². The Kier molecular flexibility index (Phi) is 14.0. The van der Waals surface area contributed by atoms with Gasteiger partial charge in [0.25, 0.3) is 0 Å². The van der Waals surface area contributed by atoms with Crippen LogP contribution in [0.5, 0.6) is 0 Å². The van der Waals surface area contributed by atoms with Crippen LogP contribution in [0, 0.1) is 13.8 Å². The number of rotatable bonds is 14. The number of hydrogen-bond donors (Lipinski definition) is 0. The van der Waals surface area contributed by atoms with E-state index in [-0.39, 0.29) is 0 Å². The quantitative estimate of drug-likeness (QED) is 0.107. The van der Waals surface area contributed by atoms with Crippen LogP contribution in [-0.4, -0.2) is 0 Å². The van der Waals surface area contributed by atoms with Crippen molar-refractivity contribution in [1.29, 1.82) is 0 Å². The van der Waals surface area contributed by atoms with E-state index in [9.17, 15) is 0 Å². The van der Waals surface area contributed by atoms with Crippen LogP contribution in [0.25, 0.3) is 75.8 Å². The van der Waals surface area contributed by atoms with Gasteiger partial charge in [0, 0.05) is 54.3 Å². The monoisotopic (exact) mass is 1090 g/mol. The van der Waals surface area contributed by atoms with Crippen LogP contribution in [0.2, 0.25) is 0 Å². The van der Waals surface area contributed by atoms with Crippen molar-refractivity contribution in [3.8, 4) is 55.6 Å². The highest BCUT2D eigenvalue weighted by molar-refractivity contribution is 7.25. The van der Waals surface area contributed by atoms with E-state index >= 15 is 0 Å². The van der Waals surface area contributed by atoms with E-state index in [1.54, 1.807) is 0 Å². The van der Waals surface area contributed by atoms with Crippen molar-refractivity contribution in [2.45, 2.75) is 13.8 Å². The summed E-state index contributed by atoms with van der Waals surface area (Å²) in [4.78, 5) is 7.23. The summed E-state index contributed by atoms with van der Waals surface area (Å²) in [5, 5.41) is 2.59. The normalized spacial score (nSPS) is 11.2. The fraction of sp³-hybridized carbons (Fsp3) is 0.0250. The lowest BCUT2D eigenvalue weighted by Crippen LogP contribution is -2.16. The van der Waals surface area contributed by atoms with Crippen LogP contribution in [-0.2, 0) is 0 Å². The first-order valence-electron chi connectivity index (χ1n) is 28.7. The maximum atomic E-state index is 2.41. The predicted molar refractivity (Wildman–Crippen MR) is 360 cm³/mol. The minimum Gasteiger partial charge on any atom is -0.310 e. The number of aryl methyl sites for hydroxylation is 2. The smallest absolute Gasteiger partial charge is 0.0503 e. The topological polar surface area (TPSA) is 9.72 Å². The van der Waals surface area contributed by atoms with Crippen molar-refractivity contribution in [1.82, 2.24) is 0 Å². The lowest BCUT2D eigenvalue weighted by Gasteiger charge is -2.33. The number of nitrogens with zero attached hydrogens (tertiary/aromatic N) is 3. The zero-order valence-corrected chi connectivity index (χ0v) is 47.7. The predicted octanol–water partition coefficient (Wildman–Crippen LogP) is 23.4. The summed E-state index contributed by atoms with van der Waals surface area (Å²) in [6.45, 7) is 4.31. The van der Waals surface area contributed by atoms with Gasteiger partial charge in [0.1, 0.15) is 0 Å². The first kappa shape index (κ1) is 51.6. The van der Waals surface area contributed by atoms with E-state index in [0.717, 1.165) is 79.0 Å². The van der Waals surface area contributed by atoms with Gasteiger partial charge in [-0.05, 0) is 179 Å². The van der Waals surface area contributed by atoms with Crippen molar-refractivity contribution in [3.63, 3.8) is 0 Å². The Morgan fingerprint density at radius 2 is 0.476 bits per heavy atom. The fourth-order valence-corrected chi connectivity index (χ4v) is 12.8. The average Bonchev–Trinajstić information content (AvgIpc) is 2.88. The van der Waals surface area contributed by atoms with Crippen LogP contribution in [0.15, 0.2) is 322 Å². The lowest BCUT2D eigenvalue weighted by molar-refractivity contribution is 1.22. The molecular formula is C80H59N3S. The molecule has 400 valence electrons. The minimum atomic E-state index is 0.995. The SMILES string of the molecule is Cc1cccc(-c2ccc(N(c3ccc(-c4ccccc4)cc3)c3cc(N(c4ccccc4)c4ccc(-c5ccc6sc7ccccc7c6c5)cc4)cc(N(c4ccc(-c5ccccc5)cc4)c4ccc(-c5cccc(C)c5)cc4)c3)cc2)c1. The van der Waals surface area contributed by atoms with Gasteiger partial charge in [-0.25, -0.2) is 0 Å². The molecule has 0 amide bonds. The summed E-state index contributed by atoms with van der Waals surface area (Å²) in [7, 11) is 0. The number of para-hydroxylation sites is 1. The third-order valence-electron chi connectivity index (χ3n) is 15.9. The Labute approximate surface area is 496 Å². The number of thiophene rings is 1. The number of anilines is 9. The maximum absolute atomic E-state index is 2.41. The molecule has 0 saturated heterocycles. The summed E-state index contributed by atoms with van der Waals surface area (Å²) in [6, 6.07) is 117. The van der Waals surface area contributed by atoms with Gasteiger partial charge in [0.2, 0.25) is 0 Å². The first-order chi connectivity index (χ1) is 41.4. The molecule has 0 saturated carbocycles. The van der Waals surface area contributed by atoms with E-state index < -0.39 is 0 Å². The molecule has 0 aliphatic carbocycles. The van der Waals surface area contributed by atoms with Crippen LogP contribution in [0.1, 0.15) is 11.1 Å². The van der Waals surface area contributed by atoms with E-state index in [1.165, 1.54) is 59.1 Å². The standard InChI is InChI=1S/C80H59N3S/c1-56-16-14-22-65(50-56)62-32-43-72(44-33-62)82(70-39-28-60(29-40-70)58-18-6-3-7-19-58)75-53-74(81(68-24-10-5-11-25-68)69-47-36-64(37-48-69)67-38-49-80-78(52-67)77-26-12-13-27-79(77)84-80)54-76(55-75)83(71-41-30-61(31-42-71)59-20-8-4-9-21-59)73-45-34-63(35-46-73)66-23-15-17-57(2)51-66/h3-55H,1-2H3. The Bertz CT molecular complexity index is 4380. The summed E-state index contributed by atoms with van der Waals surface area (Å²) >= 11 is 1.85. The second-order valence-corrected chi connectivity index (χ2v) is 22.6. The molecule has 0 N–H and O–H groups in total. The fourth-order valence-electron chi connectivity index (χ4n) is 11.7. The summed E-state index contributed by atoms with van der Waals surface area (Å²) in [5.74, 6) is 0. The van der Waals surface area contributed by atoms with Crippen LogP contribution in [0.4, 0.5) is 51.2 Å². The zero-order chi connectivity index (χ0) is 56.3. The largest absolute Gasteiger partial charge is 0.310 e.